The number of hydrogen-bond donors (Lipinski definition) is 1. The van der Waals surface area contributed by atoms with E-state index in [4.69, 9.17) is 5.11 Å². The lowest BCUT2D eigenvalue weighted by Crippen LogP contribution is -2.18. The summed E-state index contributed by atoms with van der Waals surface area (Å²) >= 11 is 0. The molecule has 1 aromatic rings. The van der Waals surface area contributed by atoms with Gasteiger partial charge < -0.3 is 10.0 Å². The predicted molar refractivity (Wildman–Crippen MR) is 71.6 cm³/mol. The van der Waals surface area contributed by atoms with Crippen LogP contribution >= 0.6 is 0 Å². The zero-order chi connectivity index (χ0) is 13.4. The molecule has 0 unspecified atom stereocenters. The van der Waals surface area contributed by atoms with Gasteiger partial charge in [-0.15, -0.1) is 0 Å². The molecule has 2 nitrogen and oxygen atoms in total. The van der Waals surface area contributed by atoms with Gasteiger partial charge >= 0.3 is 0 Å². The summed E-state index contributed by atoms with van der Waals surface area (Å²) in [6.07, 6.45) is 1.47. The van der Waals surface area contributed by atoms with Crippen molar-refractivity contribution in [1.29, 1.82) is 0 Å². The Hall–Kier alpha value is -1.37. The summed E-state index contributed by atoms with van der Waals surface area (Å²) in [4.78, 5) is 2.19. The zero-order valence-electron chi connectivity index (χ0n) is 11.0. The molecule has 0 radical (unpaired) electrons. The molecule has 18 heavy (non-hydrogen) atoms. The topological polar surface area (TPSA) is 23.5 Å². The second-order valence-corrected chi connectivity index (χ2v) is 4.33. The van der Waals surface area contributed by atoms with E-state index in [2.05, 4.69) is 23.7 Å². The van der Waals surface area contributed by atoms with E-state index in [9.17, 15) is 4.39 Å². The van der Waals surface area contributed by atoms with Crippen molar-refractivity contribution in [3.8, 4) is 11.8 Å². The van der Waals surface area contributed by atoms with Crippen LogP contribution < -0.4 is 0 Å². The summed E-state index contributed by atoms with van der Waals surface area (Å²) in [5, 5.41) is 8.64. The van der Waals surface area contributed by atoms with E-state index in [1.807, 2.05) is 7.05 Å². The third-order valence-electron chi connectivity index (χ3n) is 2.55. The van der Waals surface area contributed by atoms with Crippen molar-refractivity contribution < 1.29 is 9.50 Å². The lowest BCUT2D eigenvalue weighted by molar-refractivity contribution is 0.305. The minimum atomic E-state index is -0.303. The quantitative estimate of drug-likeness (QED) is 0.810. The maximum atomic E-state index is 13.5. The van der Waals surface area contributed by atoms with Gasteiger partial charge in [-0.25, -0.2) is 4.39 Å². The van der Waals surface area contributed by atoms with Crippen molar-refractivity contribution in [2.75, 3.05) is 20.2 Å². The Balaban J connectivity index is 2.78. The van der Waals surface area contributed by atoms with E-state index < -0.39 is 0 Å². The SMILES string of the molecule is CCCN(C)Cc1ccc(F)c(C#CCCO)c1. The molecule has 0 fully saturated rings. The van der Waals surface area contributed by atoms with Gasteiger partial charge in [0.1, 0.15) is 5.82 Å². The fourth-order valence-electron chi connectivity index (χ4n) is 1.75. The van der Waals surface area contributed by atoms with E-state index >= 15 is 0 Å². The first-order valence-corrected chi connectivity index (χ1v) is 6.24. The van der Waals surface area contributed by atoms with Gasteiger partial charge in [-0.1, -0.05) is 24.8 Å². The van der Waals surface area contributed by atoms with Crippen LogP contribution in [0.15, 0.2) is 18.2 Å². The summed E-state index contributed by atoms with van der Waals surface area (Å²) in [6.45, 7) is 3.95. The Morgan fingerprint density at radius 1 is 1.39 bits per heavy atom. The van der Waals surface area contributed by atoms with Crippen LogP contribution in [0.5, 0.6) is 0 Å². The van der Waals surface area contributed by atoms with Gasteiger partial charge in [0.05, 0.1) is 12.2 Å². The second-order valence-electron chi connectivity index (χ2n) is 4.33. The zero-order valence-corrected chi connectivity index (χ0v) is 11.0. The maximum absolute atomic E-state index is 13.5. The highest BCUT2D eigenvalue weighted by Gasteiger charge is 2.03. The van der Waals surface area contributed by atoms with E-state index in [0.29, 0.717) is 12.0 Å². The van der Waals surface area contributed by atoms with Crippen molar-refractivity contribution >= 4 is 0 Å². The molecule has 98 valence electrons. The first-order chi connectivity index (χ1) is 8.67. The van der Waals surface area contributed by atoms with E-state index in [1.54, 1.807) is 12.1 Å². The minimum absolute atomic E-state index is 0.00749. The Morgan fingerprint density at radius 2 is 2.17 bits per heavy atom. The number of rotatable bonds is 5. The van der Waals surface area contributed by atoms with Crippen LogP contribution in [0.2, 0.25) is 0 Å². The van der Waals surface area contributed by atoms with Crippen molar-refractivity contribution in [2.45, 2.75) is 26.3 Å². The fourth-order valence-corrected chi connectivity index (χ4v) is 1.75. The van der Waals surface area contributed by atoms with E-state index in [0.717, 1.165) is 25.1 Å². The molecule has 1 N–H and O–H groups in total. The first kappa shape index (κ1) is 14.7. The van der Waals surface area contributed by atoms with Gasteiger partial charge in [-0.2, -0.15) is 0 Å². The molecule has 0 bridgehead atoms. The van der Waals surface area contributed by atoms with Gasteiger partial charge in [0.25, 0.3) is 0 Å². The highest BCUT2D eigenvalue weighted by Crippen LogP contribution is 2.11. The summed E-state index contributed by atoms with van der Waals surface area (Å²) in [5.41, 5.74) is 1.46. The molecule has 0 amide bonds. The Morgan fingerprint density at radius 3 is 2.83 bits per heavy atom. The molecule has 0 atom stereocenters. The summed E-state index contributed by atoms with van der Waals surface area (Å²) in [7, 11) is 2.05. The molecular formula is C15H20FNO. The van der Waals surface area contributed by atoms with Crippen LogP contribution in [0, 0.1) is 17.7 Å². The first-order valence-electron chi connectivity index (χ1n) is 6.24. The van der Waals surface area contributed by atoms with Crippen LogP contribution in [0.25, 0.3) is 0 Å². The van der Waals surface area contributed by atoms with Gasteiger partial charge in [-0.05, 0) is 37.7 Å². The van der Waals surface area contributed by atoms with Crippen LogP contribution in [-0.2, 0) is 6.54 Å². The molecule has 3 heteroatoms. The average molecular weight is 249 g/mol. The molecule has 0 saturated heterocycles. The molecule has 0 aliphatic carbocycles. The maximum Gasteiger partial charge on any atom is 0.138 e. The Labute approximate surface area is 108 Å². The number of nitrogens with zero attached hydrogens (tertiary/aromatic N) is 1. The monoisotopic (exact) mass is 249 g/mol. The van der Waals surface area contributed by atoms with Gasteiger partial charge in [-0.3, -0.25) is 0 Å². The van der Waals surface area contributed by atoms with Crippen LogP contribution in [0.1, 0.15) is 30.9 Å². The van der Waals surface area contributed by atoms with E-state index in [-0.39, 0.29) is 12.4 Å². The highest BCUT2D eigenvalue weighted by atomic mass is 19.1. The largest absolute Gasteiger partial charge is 0.395 e. The molecule has 0 saturated carbocycles. The number of halogens is 1. The third kappa shape index (κ3) is 4.87. The van der Waals surface area contributed by atoms with Crippen molar-refractivity contribution in [3.05, 3.63) is 35.1 Å². The standard InChI is InChI=1S/C15H20FNO/c1-3-9-17(2)12-13-7-8-15(16)14(11-13)6-4-5-10-18/h7-8,11,18H,3,5,9-10,12H2,1-2H3. The van der Waals surface area contributed by atoms with Crippen LogP contribution in [-0.4, -0.2) is 30.2 Å². The summed E-state index contributed by atoms with van der Waals surface area (Å²) in [5.74, 6) is 5.20. The number of hydrogen-bond acceptors (Lipinski definition) is 2. The highest BCUT2D eigenvalue weighted by molar-refractivity contribution is 5.38. The summed E-state index contributed by atoms with van der Waals surface area (Å²) < 4.78 is 13.5. The molecule has 0 aromatic heterocycles. The molecule has 1 rings (SSSR count). The molecule has 1 aromatic carbocycles. The summed E-state index contributed by atoms with van der Waals surface area (Å²) in [6, 6.07) is 5.03. The van der Waals surface area contributed by atoms with Gasteiger partial charge in [0.15, 0.2) is 0 Å². The normalized spacial score (nSPS) is 10.3. The molecule has 0 aliphatic heterocycles. The molecular weight excluding hydrogens is 229 g/mol. The molecule has 0 spiro atoms. The van der Waals surface area contributed by atoms with Crippen LogP contribution in [0.4, 0.5) is 4.39 Å². The van der Waals surface area contributed by atoms with Crippen molar-refractivity contribution in [3.63, 3.8) is 0 Å². The number of aliphatic hydroxyl groups is 1. The molecule has 0 heterocycles. The third-order valence-corrected chi connectivity index (χ3v) is 2.55. The number of aliphatic hydroxyl groups excluding tert-OH is 1. The second kappa shape index (κ2) is 7.86. The lowest BCUT2D eigenvalue weighted by atomic mass is 10.1. The van der Waals surface area contributed by atoms with Crippen molar-refractivity contribution in [2.24, 2.45) is 0 Å². The Bertz CT molecular complexity index is 434. The van der Waals surface area contributed by atoms with Gasteiger partial charge in [0.2, 0.25) is 0 Å². The van der Waals surface area contributed by atoms with Gasteiger partial charge in [0, 0.05) is 13.0 Å². The lowest BCUT2D eigenvalue weighted by Gasteiger charge is -2.15. The molecule has 0 aliphatic rings. The average Bonchev–Trinajstić information content (AvgIpc) is 2.34. The number of benzene rings is 1. The Kier molecular flexibility index (Phi) is 6.42. The fraction of sp³-hybridized carbons (Fsp3) is 0.467. The predicted octanol–water partition coefficient (Wildman–Crippen LogP) is 2.40. The van der Waals surface area contributed by atoms with Crippen LogP contribution in [0.3, 0.4) is 0 Å². The minimum Gasteiger partial charge on any atom is -0.395 e. The van der Waals surface area contributed by atoms with Crippen molar-refractivity contribution in [1.82, 2.24) is 4.90 Å². The smallest absolute Gasteiger partial charge is 0.138 e. The van der Waals surface area contributed by atoms with E-state index in [1.165, 1.54) is 6.07 Å².